The molecule has 0 spiro atoms. The van der Waals surface area contributed by atoms with E-state index in [-0.39, 0.29) is 0 Å². The van der Waals surface area contributed by atoms with Gasteiger partial charge in [-0.05, 0) is 18.9 Å². The van der Waals surface area contributed by atoms with E-state index < -0.39 is 0 Å². The summed E-state index contributed by atoms with van der Waals surface area (Å²) in [6.07, 6.45) is 3.07. The Hall–Kier alpha value is -0.120. The Balaban J connectivity index is 1.88. The smallest absolute Gasteiger partial charge is 0.0794 e. The van der Waals surface area contributed by atoms with Crippen molar-refractivity contribution in [3.05, 3.63) is 16.6 Å². The minimum atomic E-state index is 0.368. The molecule has 0 saturated carbocycles. The average molecular weight is 231 g/mol. The van der Waals surface area contributed by atoms with Crippen molar-refractivity contribution >= 4 is 22.9 Å². The molecule has 4 heteroatoms. The molecule has 1 aromatic rings. The van der Waals surface area contributed by atoms with Crippen molar-refractivity contribution in [3.63, 3.8) is 0 Å². The lowest BCUT2D eigenvalue weighted by atomic mass is 10.00. The zero-order valence-corrected chi connectivity index (χ0v) is 9.89. The zero-order chi connectivity index (χ0) is 9.97. The Bertz CT molecular complexity index is 276. The van der Waals surface area contributed by atoms with Gasteiger partial charge in [-0.25, -0.2) is 0 Å². The average Bonchev–Trinajstić information content (AvgIpc) is 2.64. The molecule has 78 valence electrons. The first kappa shape index (κ1) is 10.4. The Morgan fingerprint density at radius 3 is 3.21 bits per heavy atom. The monoisotopic (exact) mass is 230 g/mol. The SMILES string of the molecule is CC1CN(Cc2cncs2)CCC1Cl. The van der Waals surface area contributed by atoms with Crippen molar-refractivity contribution in [2.24, 2.45) is 5.92 Å². The lowest BCUT2D eigenvalue weighted by molar-refractivity contribution is 0.181. The molecular formula is C10H15ClN2S. The lowest BCUT2D eigenvalue weighted by Crippen LogP contribution is -2.39. The Labute approximate surface area is 93.9 Å². The Morgan fingerprint density at radius 2 is 2.57 bits per heavy atom. The van der Waals surface area contributed by atoms with E-state index in [9.17, 15) is 0 Å². The number of hydrogen-bond acceptors (Lipinski definition) is 3. The molecule has 0 N–H and O–H groups in total. The van der Waals surface area contributed by atoms with Gasteiger partial charge in [0, 0.05) is 29.5 Å². The van der Waals surface area contributed by atoms with Crippen molar-refractivity contribution in [2.45, 2.75) is 25.3 Å². The summed E-state index contributed by atoms with van der Waals surface area (Å²) < 4.78 is 0. The largest absolute Gasteiger partial charge is 0.298 e. The highest BCUT2D eigenvalue weighted by Crippen LogP contribution is 2.23. The number of thiazole rings is 1. The summed E-state index contributed by atoms with van der Waals surface area (Å²) in [4.78, 5) is 7.91. The van der Waals surface area contributed by atoms with E-state index in [1.807, 2.05) is 11.7 Å². The molecule has 2 nitrogen and oxygen atoms in total. The van der Waals surface area contributed by atoms with Gasteiger partial charge in [0.15, 0.2) is 0 Å². The summed E-state index contributed by atoms with van der Waals surface area (Å²) in [6, 6.07) is 0. The second kappa shape index (κ2) is 4.60. The highest BCUT2D eigenvalue weighted by Gasteiger charge is 2.24. The minimum Gasteiger partial charge on any atom is -0.298 e. The summed E-state index contributed by atoms with van der Waals surface area (Å²) in [5, 5.41) is 0.368. The van der Waals surface area contributed by atoms with Crippen molar-refractivity contribution in [3.8, 4) is 0 Å². The van der Waals surface area contributed by atoms with Gasteiger partial charge in [0.1, 0.15) is 0 Å². The van der Waals surface area contributed by atoms with Gasteiger partial charge in [0.25, 0.3) is 0 Å². The number of halogens is 1. The molecule has 2 atom stereocenters. The summed E-state index contributed by atoms with van der Waals surface area (Å²) in [5.74, 6) is 0.610. The number of alkyl halides is 1. The van der Waals surface area contributed by atoms with E-state index in [2.05, 4.69) is 16.8 Å². The highest BCUT2D eigenvalue weighted by atomic mass is 35.5. The molecule has 2 heterocycles. The van der Waals surface area contributed by atoms with Crippen LogP contribution in [0.3, 0.4) is 0 Å². The summed E-state index contributed by atoms with van der Waals surface area (Å²) in [6.45, 7) is 5.51. The van der Waals surface area contributed by atoms with Crippen LogP contribution in [0.25, 0.3) is 0 Å². The van der Waals surface area contributed by atoms with Crippen molar-refractivity contribution in [1.82, 2.24) is 9.88 Å². The second-order valence-electron chi connectivity index (χ2n) is 3.98. The molecular weight excluding hydrogens is 216 g/mol. The van der Waals surface area contributed by atoms with Gasteiger partial charge in [-0.15, -0.1) is 22.9 Å². The molecule has 0 aliphatic carbocycles. The predicted octanol–water partition coefficient (Wildman–Crippen LogP) is 2.59. The van der Waals surface area contributed by atoms with Crippen LogP contribution >= 0.6 is 22.9 Å². The fraction of sp³-hybridized carbons (Fsp3) is 0.700. The number of likely N-dealkylation sites (tertiary alicyclic amines) is 1. The van der Waals surface area contributed by atoms with Gasteiger partial charge in [0.2, 0.25) is 0 Å². The second-order valence-corrected chi connectivity index (χ2v) is 5.52. The first-order chi connectivity index (χ1) is 6.75. The minimum absolute atomic E-state index is 0.368. The van der Waals surface area contributed by atoms with Crippen LogP contribution < -0.4 is 0 Å². The van der Waals surface area contributed by atoms with Crippen LogP contribution in [-0.2, 0) is 6.54 Å². The van der Waals surface area contributed by atoms with Gasteiger partial charge in [-0.2, -0.15) is 0 Å². The van der Waals surface area contributed by atoms with Crippen LogP contribution in [0.15, 0.2) is 11.7 Å². The summed E-state index contributed by atoms with van der Waals surface area (Å²) in [7, 11) is 0. The van der Waals surface area contributed by atoms with Gasteiger partial charge >= 0.3 is 0 Å². The fourth-order valence-corrected chi connectivity index (χ4v) is 2.70. The lowest BCUT2D eigenvalue weighted by Gasteiger charge is -2.33. The molecule has 0 radical (unpaired) electrons. The van der Waals surface area contributed by atoms with Crippen LogP contribution in [-0.4, -0.2) is 28.4 Å². The number of hydrogen-bond donors (Lipinski definition) is 0. The fourth-order valence-electron chi connectivity index (χ4n) is 1.89. The number of nitrogens with zero attached hydrogens (tertiary/aromatic N) is 2. The van der Waals surface area contributed by atoms with E-state index in [1.54, 1.807) is 11.3 Å². The topological polar surface area (TPSA) is 16.1 Å². The highest BCUT2D eigenvalue weighted by molar-refractivity contribution is 7.09. The maximum Gasteiger partial charge on any atom is 0.0794 e. The van der Waals surface area contributed by atoms with E-state index in [1.165, 1.54) is 4.88 Å². The number of rotatable bonds is 2. The van der Waals surface area contributed by atoms with E-state index in [4.69, 9.17) is 11.6 Å². The number of piperidine rings is 1. The third-order valence-electron chi connectivity index (χ3n) is 2.75. The van der Waals surface area contributed by atoms with Gasteiger partial charge in [0.05, 0.1) is 5.51 Å². The van der Waals surface area contributed by atoms with Gasteiger partial charge < -0.3 is 0 Å². The molecule has 0 aromatic carbocycles. The van der Waals surface area contributed by atoms with Crippen LogP contribution in [0.2, 0.25) is 0 Å². The molecule has 1 aliphatic heterocycles. The van der Waals surface area contributed by atoms with E-state index in [0.717, 1.165) is 26.1 Å². The molecule has 1 aliphatic rings. The molecule has 0 bridgehead atoms. The molecule has 1 saturated heterocycles. The third kappa shape index (κ3) is 2.47. The first-order valence-corrected chi connectivity index (χ1v) is 6.31. The molecule has 2 rings (SSSR count). The first-order valence-electron chi connectivity index (χ1n) is 4.99. The van der Waals surface area contributed by atoms with Crippen molar-refractivity contribution in [1.29, 1.82) is 0 Å². The van der Waals surface area contributed by atoms with Gasteiger partial charge in [-0.3, -0.25) is 9.88 Å². The molecule has 1 aromatic heterocycles. The van der Waals surface area contributed by atoms with E-state index in [0.29, 0.717) is 11.3 Å². The number of aromatic nitrogens is 1. The summed E-state index contributed by atoms with van der Waals surface area (Å²) >= 11 is 7.91. The van der Waals surface area contributed by atoms with Gasteiger partial charge in [-0.1, -0.05) is 6.92 Å². The van der Waals surface area contributed by atoms with E-state index >= 15 is 0 Å². The molecule has 1 fully saturated rings. The summed E-state index contributed by atoms with van der Waals surface area (Å²) in [5.41, 5.74) is 1.90. The Kier molecular flexibility index (Phi) is 3.42. The third-order valence-corrected chi connectivity index (χ3v) is 4.16. The molecule has 0 amide bonds. The maximum atomic E-state index is 6.18. The predicted molar refractivity (Wildman–Crippen MR) is 60.8 cm³/mol. The normalized spacial score (nSPS) is 29.3. The van der Waals surface area contributed by atoms with Crippen LogP contribution in [0.5, 0.6) is 0 Å². The quantitative estimate of drug-likeness (QED) is 0.727. The van der Waals surface area contributed by atoms with Crippen LogP contribution in [0.1, 0.15) is 18.2 Å². The van der Waals surface area contributed by atoms with Crippen molar-refractivity contribution in [2.75, 3.05) is 13.1 Å². The molecule has 2 unspecified atom stereocenters. The van der Waals surface area contributed by atoms with Crippen LogP contribution in [0, 0.1) is 5.92 Å². The van der Waals surface area contributed by atoms with Crippen molar-refractivity contribution < 1.29 is 0 Å². The maximum absolute atomic E-state index is 6.18. The Morgan fingerprint density at radius 1 is 1.71 bits per heavy atom. The standard InChI is InChI=1S/C10H15ClN2S/c1-8-5-13(3-2-10(8)11)6-9-4-12-7-14-9/h4,7-8,10H,2-3,5-6H2,1H3. The van der Waals surface area contributed by atoms with Crippen LogP contribution in [0.4, 0.5) is 0 Å². The zero-order valence-electron chi connectivity index (χ0n) is 8.32. The molecule has 14 heavy (non-hydrogen) atoms.